The molecular weight excluding hydrogens is 420 g/mol. The second-order valence-corrected chi connectivity index (χ2v) is 8.93. The van der Waals surface area contributed by atoms with Gasteiger partial charge < -0.3 is 16.4 Å². The van der Waals surface area contributed by atoms with Gasteiger partial charge in [0.05, 0.1) is 22.2 Å². The molecule has 6 nitrogen and oxygen atoms in total. The maximum atomic E-state index is 5.74. The van der Waals surface area contributed by atoms with Crippen molar-refractivity contribution in [2.24, 2.45) is 5.73 Å². The molecule has 0 saturated carbocycles. The second-order valence-electron chi connectivity index (χ2n) is 8.93. The molecule has 1 aliphatic rings. The lowest BCUT2D eigenvalue weighted by molar-refractivity contribution is 0.479. The number of aromatic nitrogens is 3. The number of nitrogens with two attached hydrogens (primary N) is 1. The van der Waals surface area contributed by atoms with Crippen LogP contribution in [0.25, 0.3) is 38.9 Å². The third-order valence-electron chi connectivity index (χ3n) is 6.72. The van der Waals surface area contributed by atoms with Crippen LogP contribution in [0.3, 0.4) is 0 Å². The molecule has 34 heavy (non-hydrogen) atoms. The number of piperidine rings is 1. The normalized spacial score (nSPS) is 14.6. The molecule has 1 fully saturated rings. The van der Waals surface area contributed by atoms with Crippen LogP contribution in [0, 0.1) is 0 Å². The van der Waals surface area contributed by atoms with Crippen LogP contribution in [-0.2, 0) is 6.54 Å². The largest absolute Gasteiger partial charge is 0.380 e. The first-order chi connectivity index (χ1) is 16.8. The smallest absolute Gasteiger partial charge is 0.139 e. The van der Waals surface area contributed by atoms with Crippen molar-refractivity contribution in [3.63, 3.8) is 0 Å². The summed E-state index contributed by atoms with van der Waals surface area (Å²) in [6, 6.07) is 25.8. The predicted octanol–water partition coefficient (Wildman–Crippen LogP) is 4.86. The molecule has 0 unspecified atom stereocenters. The second kappa shape index (κ2) is 8.89. The van der Waals surface area contributed by atoms with E-state index in [1.54, 1.807) is 0 Å². The quantitative estimate of drug-likeness (QED) is 0.358. The fourth-order valence-electron chi connectivity index (χ4n) is 4.78. The fraction of sp³-hybridized carbons (Fsp3) is 0.214. The van der Waals surface area contributed by atoms with Gasteiger partial charge in [-0.25, -0.2) is 9.97 Å². The lowest BCUT2D eigenvalue weighted by Gasteiger charge is -2.25. The van der Waals surface area contributed by atoms with E-state index in [1.165, 1.54) is 0 Å². The molecule has 5 aromatic rings. The topological polar surface area (TPSA) is 80.8 Å². The number of hydrogen-bond acceptors (Lipinski definition) is 5. The molecule has 0 radical (unpaired) electrons. The van der Waals surface area contributed by atoms with Gasteiger partial charge in [-0.1, -0.05) is 42.5 Å². The molecule has 170 valence electrons. The average molecular weight is 449 g/mol. The van der Waals surface area contributed by atoms with Crippen molar-refractivity contribution in [2.75, 3.05) is 18.4 Å². The monoisotopic (exact) mass is 448 g/mol. The highest BCUT2D eigenvalue weighted by Crippen LogP contribution is 2.28. The number of nitrogens with zero attached hydrogens (tertiary/aromatic N) is 3. The van der Waals surface area contributed by atoms with Crippen LogP contribution in [0.5, 0.6) is 0 Å². The first-order valence-corrected chi connectivity index (χ1v) is 11.9. The number of imidazole rings is 1. The van der Waals surface area contributed by atoms with E-state index in [-0.39, 0.29) is 0 Å². The van der Waals surface area contributed by atoms with Gasteiger partial charge in [0.1, 0.15) is 12.1 Å². The average Bonchev–Trinajstić information content (AvgIpc) is 3.33. The van der Waals surface area contributed by atoms with Gasteiger partial charge in [0, 0.05) is 18.0 Å². The van der Waals surface area contributed by atoms with Crippen molar-refractivity contribution in [1.82, 2.24) is 19.9 Å². The molecular formula is C28H28N6. The zero-order valence-corrected chi connectivity index (χ0v) is 19.0. The van der Waals surface area contributed by atoms with Crippen LogP contribution in [0.15, 0.2) is 79.1 Å². The number of anilines is 1. The molecule has 0 atom stereocenters. The minimum absolute atomic E-state index is 0.476. The van der Waals surface area contributed by atoms with Gasteiger partial charge >= 0.3 is 0 Å². The van der Waals surface area contributed by atoms with E-state index in [0.717, 1.165) is 76.1 Å². The summed E-state index contributed by atoms with van der Waals surface area (Å²) in [5, 5.41) is 8.30. The highest BCUT2D eigenvalue weighted by Gasteiger charge is 2.15. The third-order valence-corrected chi connectivity index (χ3v) is 6.72. The van der Waals surface area contributed by atoms with E-state index < -0.39 is 0 Å². The first-order valence-electron chi connectivity index (χ1n) is 11.9. The van der Waals surface area contributed by atoms with Gasteiger partial charge in [-0.15, -0.1) is 0 Å². The standard InChI is InChI=1S/C28H28N6/c29-17-19-4-6-20(7-5-19)22-8-10-26-25(16-22)31-18-34(26)27-11-9-21-2-1-3-24(28(21)33-27)32-23-12-14-30-15-13-23/h1-11,16,18,23,30,32H,12-15,17,29H2. The Morgan fingerprint density at radius 2 is 1.76 bits per heavy atom. The van der Waals surface area contributed by atoms with Gasteiger partial charge in [0.15, 0.2) is 0 Å². The van der Waals surface area contributed by atoms with Crippen molar-refractivity contribution in [2.45, 2.75) is 25.4 Å². The summed E-state index contributed by atoms with van der Waals surface area (Å²) in [5.74, 6) is 0.870. The Morgan fingerprint density at radius 1 is 0.941 bits per heavy atom. The molecule has 1 aliphatic heterocycles. The van der Waals surface area contributed by atoms with Crippen molar-refractivity contribution in [1.29, 1.82) is 0 Å². The lowest BCUT2D eigenvalue weighted by Crippen LogP contribution is -2.35. The maximum absolute atomic E-state index is 5.74. The molecule has 3 heterocycles. The molecule has 0 spiro atoms. The Bertz CT molecular complexity index is 1450. The summed E-state index contributed by atoms with van der Waals surface area (Å²) in [7, 11) is 0. The summed E-state index contributed by atoms with van der Waals surface area (Å²) in [4.78, 5) is 9.76. The molecule has 4 N–H and O–H groups in total. The van der Waals surface area contributed by atoms with Crippen molar-refractivity contribution < 1.29 is 0 Å². The minimum Gasteiger partial charge on any atom is -0.380 e. The number of hydrogen-bond donors (Lipinski definition) is 3. The van der Waals surface area contributed by atoms with E-state index in [2.05, 4.69) is 88.0 Å². The molecule has 6 rings (SSSR count). The minimum atomic E-state index is 0.476. The third kappa shape index (κ3) is 3.91. The summed E-state index contributed by atoms with van der Waals surface area (Å²) in [6.45, 7) is 2.67. The van der Waals surface area contributed by atoms with E-state index in [0.29, 0.717) is 12.6 Å². The number of nitrogens with one attached hydrogen (secondary N) is 2. The van der Waals surface area contributed by atoms with E-state index in [4.69, 9.17) is 15.7 Å². The van der Waals surface area contributed by atoms with Gasteiger partial charge in [-0.05, 0) is 73.0 Å². The fourth-order valence-corrected chi connectivity index (χ4v) is 4.78. The zero-order chi connectivity index (χ0) is 22.9. The zero-order valence-electron chi connectivity index (χ0n) is 19.0. The molecule has 3 aromatic carbocycles. The number of pyridine rings is 1. The van der Waals surface area contributed by atoms with Crippen molar-refractivity contribution >= 4 is 27.6 Å². The highest BCUT2D eigenvalue weighted by atomic mass is 15.1. The van der Waals surface area contributed by atoms with Gasteiger partial charge in [0.25, 0.3) is 0 Å². The van der Waals surface area contributed by atoms with Crippen molar-refractivity contribution in [3.8, 4) is 16.9 Å². The SMILES string of the molecule is NCc1ccc(-c2ccc3c(c2)ncn3-c2ccc3cccc(NC4CCNCC4)c3n2)cc1. The predicted molar refractivity (Wildman–Crippen MR) is 139 cm³/mol. The molecule has 2 aromatic heterocycles. The number of fused-ring (bicyclic) bond motifs is 2. The van der Waals surface area contributed by atoms with Crippen LogP contribution in [-0.4, -0.2) is 33.7 Å². The van der Waals surface area contributed by atoms with E-state index in [9.17, 15) is 0 Å². The van der Waals surface area contributed by atoms with Gasteiger partial charge in [-0.3, -0.25) is 4.57 Å². The number of rotatable bonds is 5. The van der Waals surface area contributed by atoms with Crippen LogP contribution >= 0.6 is 0 Å². The van der Waals surface area contributed by atoms with E-state index in [1.807, 2.05) is 6.33 Å². The Hall–Kier alpha value is -3.74. The van der Waals surface area contributed by atoms with Gasteiger partial charge in [0.2, 0.25) is 0 Å². The number of benzene rings is 3. The van der Waals surface area contributed by atoms with Crippen molar-refractivity contribution in [3.05, 3.63) is 84.7 Å². The Morgan fingerprint density at radius 3 is 2.59 bits per heavy atom. The maximum Gasteiger partial charge on any atom is 0.139 e. The molecule has 6 heteroatoms. The molecule has 0 amide bonds. The summed E-state index contributed by atoms with van der Waals surface area (Å²) in [5.41, 5.74) is 13.2. The Kier molecular flexibility index (Phi) is 5.45. The molecule has 0 bridgehead atoms. The van der Waals surface area contributed by atoms with Crippen LogP contribution < -0.4 is 16.4 Å². The molecule has 0 aliphatic carbocycles. The van der Waals surface area contributed by atoms with E-state index >= 15 is 0 Å². The first kappa shape index (κ1) is 20.8. The van der Waals surface area contributed by atoms with Crippen LogP contribution in [0.1, 0.15) is 18.4 Å². The Labute approximate surface area is 198 Å². The van der Waals surface area contributed by atoms with Crippen LogP contribution in [0.4, 0.5) is 5.69 Å². The number of para-hydroxylation sites is 1. The molecule has 1 saturated heterocycles. The van der Waals surface area contributed by atoms with Crippen LogP contribution in [0.2, 0.25) is 0 Å². The Balaban J connectivity index is 1.36. The summed E-state index contributed by atoms with van der Waals surface area (Å²) in [6.07, 6.45) is 4.11. The lowest BCUT2D eigenvalue weighted by atomic mass is 10.0. The van der Waals surface area contributed by atoms with Gasteiger partial charge in [-0.2, -0.15) is 0 Å². The highest BCUT2D eigenvalue weighted by molar-refractivity contribution is 5.91. The summed E-state index contributed by atoms with van der Waals surface area (Å²) >= 11 is 0. The summed E-state index contributed by atoms with van der Waals surface area (Å²) < 4.78 is 2.07.